The third-order valence-electron chi connectivity index (χ3n) is 2.16. The molecule has 0 radical (unpaired) electrons. The molecule has 0 aliphatic rings. The molecule has 0 aliphatic carbocycles. The van der Waals surface area contributed by atoms with E-state index in [-0.39, 0.29) is 5.54 Å². The molecule has 0 amide bonds. The molecule has 0 atom stereocenters. The maximum Gasteiger partial charge on any atom is 0.00970 e. The standard InChI is InChI=1S/C12H28N2/c1-5-6-7-8-9-13-10-11-14-12(2,3)4/h13-14H,5-11H2,1-4H3. The summed E-state index contributed by atoms with van der Waals surface area (Å²) in [4.78, 5) is 0. The highest BCUT2D eigenvalue weighted by atomic mass is 15.0. The van der Waals surface area contributed by atoms with Gasteiger partial charge < -0.3 is 10.6 Å². The predicted octanol–water partition coefficient (Wildman–Crippen LogP) is 2.54. The minimum atomic E-state index is 0.254. The minimum Gasteiger partial charge on any atom is -0.315 e. The van der Waals surface area contributed by atoms with Crippen LogP contribution in [0.2, 0.25) is 0 Å². The van der Waals surface area contributed by atoms with Crippen molar-refractivity contribution in [2.45, 2.75) is 58.9 Å². The molecule has 86 valence electrons. The molecule has 0 rings (SSSR count). The van der Waals surface area contributed by atoms with E-state index in [9.17, 15) is 0 Å². The van der Waals surface area contributed by atoms with E-state index in [1.54, 1.807) is 0 Å². The molecule has 0 fully saturated rings. The second-order valence-corrected chi connectivity index (χ2v) is 4.99. The van der Waals surface area contributed by atoms with Crippen molar-refractivity contribution < 1.29 is 0 Å². The maximum absolute atomic E-state index is 3.46. The van der Waals surface area contributed by atoms with Crippen LogP contribution in [-0.2, 0) is 0 Å². The SMILES string of the molecule is CCCCCCNCCNC(C)(C)C. The number of unbranched alkanes of at least 4 members (excludes halogenated alkanes) is 3. The summed E-state index contributed by atoms with van der Waals surface area (Å²) >= 11 is 0. The monoisotopic (exact) mass is 200 g/mol. The fourth-order valence-corrected chi connectivity index (χ4v) is 1.33. The molecule has 2 nitrogen and oxygen atoms in total. The highest BCUT2D eigenvalue weighted by Gasteiger charge is 2.06. The molecule has 0 aromatic rings. The molecule has 2 heteroatoms. The van der Waals surface area contributed by atoms with Gasteiger partial charge in [0, 0.05) is 18.6 Å². The van der Waals surface area contributed by atoms with Crippen molar-refractivity contribution in [2.24, 2.45) is 0 Å². The van der Waals surface area contributed by atoms with Gasteiger partial charge in [-0.25, -0.2) is 0 Å². The van der Waals surface area contributed by atoms with E-state index in [4.69, 9.17) is 0 Å². The quantitative estimate of drug-likeness (QED) is 0.588. The Kier molecular flexibility index (Phi) is 8.20. The number of hydrogen-bond donors (Lipinski definition) is 2. The Balaban J connectivity index is 2.99. The third kappa shape index (κ3) is 11.9. The van der Waals surface area contributed by atoms with E-state index in [0.29, 0.717) is 0 Å². The van der Waals surface area contributed by atoms with Gasteiger partial charge in [0.15, 0.2) is 0 Å². The van der Waals surface area contributed by atoms with Crippen LogP contribution in [0.5, 0.6) is 0 Å². The average Bonchev–Trinajstić information content (AvgIpc) is 2.08. The number of hydrogen-bond acceptors (Lipinski definition) is 2. The van der Waals surface area contributed by atoms with Crippen LogP contribution in [0.3, 0.4) is 0 Å². The highest BCUT2D eigenvalue weighted by molar-refractivity contribution is 4.70. The first kappa shape index (κ1) is 13.9. The Morgan fingerprint density at radius 2 is 1.57 bits per heavy atom. The fraction of sp³-hybridized carbons (Fsp3) is 1.00. The minimum absolute atomic E-state index is 0.254. The summed E-state index contributed by atoms with van der Waals surface area (Å²) in [5.41, 5.74) is 0.254. The van der Waals surface area contributed by atoms with Gasteiger partial charge in [0.25, 0.3) is 0 Å². The van der Waals surface area contributed by atoms with Crippen LogP contribution in [0.25, 0.3) is 0 Å². The molecule has 0 unspecified atom stereocenters. The van der Waals surface area contributed by atoms with Crippen molar-refractivity contribution in [3.63, 3.8) is 0 Å². The molecule has 0 aliphatic heterocycles. The van der Waals surface area contributed by atoms with Crippen molar-refractivity contribution in [1.82, 2.24) is 10.6 Å². The van der Waals surface area contributed by atoms with E-state index < -0.39 is 0 Å². The lowest BCUT2D eigenvalue weighted by Gasteiger charge is -2.20. The maximum atomic E-state index is 3.46. The number of rotatable bonds is 8. The second kappa shape index (κ2) is 8.25. The Bertz CT molecular complexity index is 116. The summed E-state index contributed by atoms with van der Waals surface area (Å²) in [6.07, 6.45) is 5.40. The summed E-state index contributed by atoms with van der Waals surface area (Å²) in [6.45, 7) is 12.2. The first-order valence-electron chi connectivity index (χ1n) is 6.02. The van der Waals surface area contributed by atoms with E-state index in [0.717, 1.165) is 13.1 Å². The third-order valence-corrected chi connectivity index (χ3v) is 2.16. The van der Waals surface area contributed by atoms with Gasteiger partial charge in [-0.05, 0) is 33.7 Å². The lowest BCUT2D eigenvalue weighted by atomic mass is 10.1. The topological polar surface area (TPSA) is 24.1 Å². The van der Waals surface area contributed by atoms with Crippen LogP contribution < -0.4 is 10.6 Å². The first-order chi connectivity index (χ1) is 6.56. The summed E-state index contributed by atoms with van der Waals surface area (Å²) in [5, 5.41) is 6.92. The molecule has 0 saturated heterocycles. The van der Waals surface area contributed by atoms with E-state index in [1.807, 2.05) is 0 Å². The fourth-order valence-electron chi connectivity index (χ4n) is 1.33. The summed E-state index contributed by atoms with van der Waals surface area (Å²) < 4.78 is 0. The van der Waals surface area contributed by atoms with Crippen LogP contribution in [0, 0.1) is 0 Å². The normalized spacial score (nSPS) is 12.0. The largest absolute Gasteiger partial charge is 0.315 e. The lowest BCUT2D eigenvalue weighted by molar-refractivity contribution is 0.420. The van der Waals surface area contributed by atoms with Gasteiger partial charge in [-0.2, -0.15) is 0 Å². The molecule has 0 spiro atoms. The summed E-state index contributed by atoms with van der Waals surface area (Å²) in [5.74, 6) is 0. The highest BCUT2D eigenvalue weighted by Crippen LogP contribution is 1.97. The molecular formula is C12H28N2. The summed E-state index contributed by atoms with van der Waals surface area (Å²) in [7, 11) is 0. The van der Waals surface area contributed by atoms with E-state index >= 15 is 0 Å². The van der Waals surface area contributed by atoms with E-state index in [1.165, 1.54) is 32.2 Å². The van der Waals surface area contributed by atoms with Gasteiger partial charge in [-0.3, -0.25) is 0 Å². The van der Waals surface area contributed by atoms with Gasteiger partial charge in [0.2, 0.25) is 0 Å². The first-order valence-corrected chi connectivity index (χ1v) is 6.02. The van der Waals surface area contributed by atoms with Gasteiger partial charge >= 0.3 is 0 Å². The van der Waals surface area contributed by atoms with Gasteiger partial charge in [0.1, 0.15) is 0 Å². The Morgan fingerprint density at radius 3 is 2.14 bits per heavy atom. The molecule has 2 N–H and O–H groups in total. The predicted molar refractivity (Wildman–Crippen MR) is 64.8 cm³/mol. The van der Waals surface area contributed by atoms with E-state index in [2.05, 4.69) is 38.3 Å². The molecule has 0 bridgehead atoms. The smallest absolute Gasteiger partial charge is 0.00970 e. The van der Waals surface area contributed by atoms with Gasteiger partial charge in [0.05, 0.1) is 0 Å². The molecule has 0 aromatic heterocycles. The Morgan fingerprint density at radius 1 is 0.857 bits per heavy atom. The van der Waals surface area contributed by atoms with Gasteiger partial charge in [-0.15, -0.1) is 0 Å². The zero-order valence-electron chi connectivity index (χ0n) is 10.4. The zero-order valence-corrected chi connectivity index (χ0v) is 10.4. The Hall–Kier alpha value is -0.0800. The zero-order chi connectivity index (χ0) is 10.9. The number of nitrogens with one attached hydrogen (secondary N) is 2. The average molecular weight is 200 g/mol. The second-order valence-electron chi connectivity index (χ2n) is 4.99. The molecule has 0 heterocycles. The van der Waals surface area contributed by atoms with Crippen LogP contribution >= 0.6 is 0 Å². The Labute approximate surface area is 89.9 Å². The molecule has 0 aromatic carbocycles. The van der Waals surface area contributed by atoms with Crippen LogP contribution in [0.15, 0.2) is 0 Å². The van der Waals surface area contributed by atoms with Crippen molar-refractivity contribution in [3.05, 3.63) is 0 Å². The van der Waals surface area contributed by atoms with Crippen molar-refractivity contribution in [1.29, 1.82) is 0 Å². The van der Waals surface area contributed by atoms with Crippen molar-refractivity contribution >= 4 is 0 Å². The van der Waals surface area contributed by atoms with Crippen LogP contribution in [0.4, 0.5) is 0 Å². The van der Waals surface area contributed by atoms with Crippen molar-refractivity contribution in [3.8, 4) is 0 Å². The summed E-state index contributed by atoms with van der Waals surface area (Å²) in [6, 6.07) is 0. The van der Waals surface area contributed by atoms with Crippen LogP contribution in [-0.4, -0.2) is 25.2 Å². The van der Waals surface area contributed by atoms with Gasteiger partial charge in [-0.1, -0.05) is 26.2 Å². The van der Waals surface area contributed by atoms with Crippen molar-refractivity contribution in [2.75, 3.05) is 19.6 Å². The molecular weight excluding hydrogens is 172 g/mol. The molecule has 0 saturated carbocycles. The van der Waals surface area contributed by atoms with Crippen LogP contribution in [0.1, 0.15) is 53.4 Å². The molecule has 14 heavy (non-hydrogen) atoms. The lowest BCUT2D eigenvalue weighted by Crippen LogP contribution is -2.40.